The van der Waals surface area contributed by atoms with Gasteiger partial charge in [0.05, 0.1) is 13.0 Å². The Morgan fingerprint density at radius 3 is 2.68 bits per heavy atom. The number of nitrogens with one attached hydrogen (secondary N) is 1. The van der Waals surface area contributed by atoms with Gasteiger partial charge in [0.15, 0.2) is 5.84 Å². The van der Waals surface area contributed by atoms with Gasteiger partial charge in [-0.2, -0.15) is 5.10 Å². The van der Waals surface area contributed by atoms with Crippen molar-refractivity contribution < 1.29 is 13.9 Å². The molecule has 0 unspecified atom stereocenters. The molecule has 102 valence electrons. The molecular formula is C13H16FN3O2. The number of ether oxygens (including phenoxy) is 1. The number of carbonyl (C=O) groups is 1. The molecule has 19 heavy (non-hydrogen) atoms. The van der Waals surface area contributed by atoms with Gasteiger partial charge in [-0.25, -0.2) is 9.38 Å². The van der Waals surface area contributed by atoms with Crippen molar-refractivity contribution >= 4 is 18.0 Å². The van der Waals surface area contributed by atoms with Crippen LogP contribution in [0.2, 0.25) is 0 Å². The normalized spacial score (nSPS) is 11.6. The lowest BCUT2D eigenvalue weighted by molar-refractivity contribution is -0.141. The first-order valence-electron chi connectivity index (χ1n) is 5.86. The fraction of sp³-hybridized carbons (Fsp3) is 0.308. The van der Waals surface area contributed by atoms with E-state index in [0.29, 0.717) is 18.0 Å². The average Bonchev–Trinajstić information content (AvgIpc) is 2.39. The summed E-state index contributed by atoms with van der Waals surface area (Å²) in [6.45, 7) is 2.07. The molecule has 1 aromatic rings. The summed E-state index contributed by atoms with van der Waals surface area (Å²) in [5, 5.41) is 3.96. The van der Waals surface area contributed by atoms with Gasteiger partial charge in [-0.05, 0) is 31.2 Å². The topological polar surface area (TPSA) is 63.0 Å². The van der Waals surface area contributed by atoms with Gasteiger partial charge in [0.1, 0.15) is 5.82 Å². The molecule has 0 bridgehead atoms. The minimum Gasteiger partial charge on any atom is -0.466 e. The number of amidine groups is 1. The van der Waals surface area contributed by atoms with E-state index in [2.05, 4.69) is 15.5 Å². The summed E-state index contributed by atoms with van der Waals surface area (Å²) in [6.07, 6.45) is 1.48. The molecule has 0 fully saturated rings. The predicted molar refractivity (Wildman–Crippen MR) is 71.7 cm³/mol. The van der Waals surface area contributed by atoms with Crippen LogP contribution >= 0.6 is 0 Å². The van der Waals surface area contributed by atoms with Gasteiger partial charge in [-0.3, -0.25) is 4.79 Å². The maximum atomic E-state index is 12.8. The van der Waals surface area contributed by atoms with E-state index in [1.165, 1.54) is 18.3 Å². The van der Waals surface area contributed by atoms with Crippen LogP contribution in [0.5, 0.6) is 0 Å². The number of hydrazone groups is 1. The maximum absolute atomic E-state index is 12.8. The molecule has 0 atom stereocenters. The number of hydrogen-bond donors (Lipinski definition) is 1. The summed E-state index contributed by atoms with van der Waals surface area (Å²) in [5.74, 6) is -0.316. The highest BCUT2D eigenvalue weighted by Crippen LogP contribution is 2.05. The molecule has 0 amide bonds. The van der Waals surface area contributed by atoms with Crippen molar-refractivity contribution in [2.24, 2.45) is 10.1 Å². The molecule has 0 aliphatic rings. The maximum Gasteiger partial charge on any atom is 0.311 e. The minimum absolute atomic E-state index is 0.0672. The zero-order chi connectivity index (χ0) is 14.1. The standard InChI is InChI=1S/C13H16FN3O2/c1-3-19-12(18)8-9-16-13(17-15-2)10-4-6-11(14)7-5-10/h4-7,9,15H,3,8H2,1-2H3/b16-9?,17-13-. The van der Waals surface area contributed by atoms with Crippen LogP contribution < -0.4 is 5.43 Å². The number of esters is 1. The summed E-state index contributed by atoms with van der Waals surface area (Å²) in [6, 6.07) is 5.77. The van der Waals surface area contributed by atoms with Crippen LogP contribution in [-0.2, 0) is 9.53 Å². The van der Waals surface area contributed by atoms with E-state index in [1.54, 1.807) is 26.1 Å². The van der Waals surface area contributed by atoms with E-state index < -0.39 is 0 Å². The fourth-order valence-electron chi connectivity index (χ4n) is 1.30. The Labute approximate surface area is 111 Å². The average molecular weight is 265 g/mol. The Morgan fingerprint density at radius 1 is 1.42 bits per heavy atom. The monoisotopic (exact) mass is 265 g/mol. The molecule has 1 N–H and O–H groups in total. The molecule has 0 saturated carbocycles. The highest BCUT2D eigenvalue weighted by Gasteiger charge is 2.03. The van der Waals surface area contributed by atoms with E-state index in [9.17, 15) is 9.18 Å². The molecule has 1 rings (SSSR count). The van der Waals surface area contributed by atoms with Crippen molar-refractivity contribution in [3.8, 4) is 0 Å². The lowest BCUT2D eigenvalue weighted by atomic mass is 10.2. The third-order valence-electron chi connectivity index (χ3n) is 2.10. The van der Waals surface area contributed by atoms with Crippen molar-refractivity contribution in [2.75, 3.05) is 13.7 Å². The number of aliphatic imine (C=N–C) groups is 1. The number of nitrogens with zero attached hydrogens (tertiary/aromatic N) is 2. The van der Waals surface area contributed by atoms with Crippen molar-refractivity contribution in [1.82, 2.24) is 5.43 Å². The molecule has 6 heteroatoms. The first-order valence-corrected chi connectivity index (χ1v) is 5.86. The summed E-state index contributed by atoms with van der Waals surface area (Å²) < 4.78 is 17.6. The molecule has 0 heterocycles. The van der Waals surface area contributed by atoms with Gasteiger partial charge in [0.2, 0.25) is 0 Å². The molecule has 0 aliphatic heterocycles. The van der Waals surface area contributed by atoms with E-state index in [-0.39, 0.29) is 18.2 Å². The second-order valence-corrected chi connectivity index (χ2v) is 3.49. The van der Waals surface area contributed by atoms with Crippen LogP contribution in [0.3, 0.4) is 0 Å². The Balaban J connectivity index is 2.74. The van der Waals surface area contributed by atoms with Crippen LogP contribution in [0.1, 0.15) is 18.9 Å². The Hall–Kier alpha value is -2.24. The van der Waals surface area contributed by atoms with Gasteiger partial charge in [-0.1, -0.05) is 0 Å². The third-order valence-corrected chi connectivity index (χ3v) is 2.10. The van der Waals surface area contributed by atoms with Crippen LogP contribution in [-0.4, -0.2) is 31.7 Å². The quantitative estimate of drug-likeness (QED) is 0.382. The first kappa shape index (κ1) is 14.8. The van der Waals surface area contributed by atoms with Gasteiger partial charge >= 0.3 is 5.97 Å². The number of benzene rings is 1. The van der Waals surface area contributed by atoms with Crippen LogP contribution in [0.15, 0.2) is 34.4 Å². The largest absolute Gasteiger partial charge is 0.466 e. The number of carbonyl (C=O) groups excluding carboxylic acids is 1. The van der Waals surface area contributed by atoms with Crippen LogP contribution in [0.25, 0.3) is 0 Å². The molecule has 5 nitrogen and oxygen atoms in total. The number of halogens is 1. The molecule has 0 saturated heterocycles. The number of rotatable bonds is 5. The zero-order valence-electron chi connectivity index (χ0n) is 10.9. The highest BCUT2D eigenvalue weighted by molar-refractivity contribution is 6.04. The third kappa shape index (κ3) is 5.29. The lowest BCUT2D eigenvalue weighted by Crippen LogP contribution is -2.08. The van der Waals surface area contributed by atoms with Crippen molar-refractivity contribution in [3.05, 3.63) is 35.6 Å². The van der Waals surface area contributed by atoms with E-state index in [4.69, 9.17) is 4.74 Å². The van der Waals surface area contributed by atoms with E-state index >= 15 is 0 Å². The van der Waals surface area contributed by atoms with E-state index in [0.717, 1.165) is 0 Å². The molecule has 0 radical (unpaired) electrons. The Morgan fingerprint density at radius 2 is 2.11 bits per heavy atom. The molecule has 1 aromatic carbocycles. The summed E-state index contributed by atoms with van der Waals surface area (Å²) in [7, 11) is 1.63. The van der Waals surface area contributed by atoms with Gasteiger partial charge in [-0.15, -0.1) is 0 Å². The summed E-state index contributed by atoms with van der Waals surface area (Å²) >= 11 is 0. The zero-order valence-corrected chi connectivity index (χ0v) is 10.9. The van der Waals surface area contributed by atoms with Crippen LogP contribution in [0.4, 0.5) is 4.39 Å². The van der Waals surface area contributed by atoms with E-state index in [1.807, 2.05) is 0 Å². The number of hydrogen-bond acceptors (Lipinski definition) is 4. The van der Waals surface area contributed by atoms with Gasteiger partial charge in [0.25, 0.3) is 0 Å². The first-order chi connectivity index (χ1) is 9.17. The second-order valence-electron chi connectivity index (χ2n) is 3.49. The van der Waals surface area contributed by atoms with Crippen LogP contribution in [0, 0.1) is 5.82 Å². The van der Waals surface area contributed by atoms with Gasteiger partial charge < -0.3 is 10.2 Å². The van der Waals surface area contributed by atoms with Crippen molar-refractivity contribution in [3.63, 3.8) is 0 Å². The lowest BCUT2D eigenvalue weighted by Gasteiger charge is -2.01. The fourth-order valence-corrected chi connectivity index (χ4v) is 1.30. The molecular weight excluding hydrogens is 249 g/mol. The summed E-state index contributed by atoms with van der Waals surface area (Å²) in [4.78, 5) is 15.2. The molecule has 0 aliphatic carbocycles. The Kier molecular flexibility index (Phi) is 6.21. The SMILES string of the molecule is CCOC(=O)CC=N/C(=N\NC)c1ccc(F)cc1. The Bertz CT molecular complexity index is 469. The summed E-state index contributed by atoms with van der Waals surface area (Å²) in [5.41, 5.74) is 3.26. The predicted octanol–water partition coefficient (Wildman–Crippen LogP) is 1.73. The van der Waals surface area contributed by atoms with Gasteiger partial charge in [0, 0.05) is 18.8 Å². The molecule has 0 aromatic heterocycles. The van der Waals surface area contributed by atoms with Crippen molar-refractivity contribution in [2.45, 2.75) is 13.3 Å². The highest BCUT2D eigenvalue weighted by atomic mass is 19.1. The smallest absolute Gasteiger partial charge is 0.311 e. The second kappa shape index (κ2) is 7.97. The molecule has 0 spiro atoms. The van der Waals surface area contributed by atoms with Crippen molar-refractivity contribution in [1.29, 1.82) is 0 Å². The minimum atomic E-state index is -0.353.